The maximum atomic E-state index is 13.2. The van der Waals surface area contributed by atoms with E-state index in [4.69, 9.17) is 9.47 Å². The van der Waals surface area contributed by atoms with E-state index in [9.17, 15) is 14.4 Å². The molecule has 4 aromatic carbocycles. The van der Waals surface area contributed by atoms with Crippen molar-refractivity contribution in [1.29, 1.82) is 0 Å². The number of carbonyl (C=O) groups is 3. The molecule has 0 saturated carbocycles. The molecule has 0 aliphatic carbocycles. The lowest BCUT2D eigenvalue weighted by atomic mass is 10.00. The summed E-state index contributed by atoms with van der Waals surface area (Å²) in [6.07, 6.45) is 0.829. The smallest absolute Gasteiger partial charge is 0.328 e. The van der Waals surface area contributed by atoms with Gasteiger partial charge >= 0.3 is 5.97 Å². The SMILES string of the molecule is COC(=O)[C@H](Cc1ccc(OCCN(Cc2cccc(C)c2)C(=O)CC(C)C)cc1)Nc1ccccc1C(=O)c1ccccc1. The van der Waals surface area contributed by atoms with E-state index in [1.54, 1.807) is 30.3 Å². The van der Waals surface area contributed by atoms with Crippen LogP contribution in [-0.2, 0) is 27.3 Å². The highest BCUT2D eigenvalue weighted by Crippen LogP contribution is 2.22. The van der Waals surface area contributed by atoms with Crippen molar-refractivity contribution in [2.45, 2.75) is 46.2 Å². The number of aryl methyl sites for hydroxylation is 1. The highest BCUT2D eigenvalue weighted by Gasteiger charge is 2.23. The molecule has 0 aliphatic rings. The fraction of sp³-hybridized carbons (Fsp3) is 0.289. The molecule has 0 aromatic heterocycles. The Bertz CT molecular complexity index is 1570. The van der Waals surface area contributed by atoms with Crippen molar-refractivity contribution in [3.05, 3.63) is 131 Å². The van der Waals surface area contributed by atoms with Crippen LogP contribution in [0.1, 0.15) is 52.9 Å². The van der Waals surface area contributed by atoms with Crippen molar-refractivity contribution in [3.8, 4) is 5.75 Å². The Morgan fingerprint density at radius 3 is 2.22 bits per heavy atom. The number of nitrogens with one attached hydrogen (secondary N) is 1. The Hall–Kier alpha value is -4.91. The molecule has 0 fully saturated rings. The van der Waals surface area contributed by atoms with Gasteiger partial charge in [0.2, 0.25) is 5.91 Å². The molecule has 1 N–H and O–H groups in total. The van der Waals surface area contributed by atoms with Crippen LogP contribution in [0.15, 0.2) is 103 Å². The van der Waals surface area contributed by atoms with E-state index >= 15 is 0 Å². The van der Waals surface area contributed by atoms with Crippen molar-refractivity contribution >= 4 is 23.3 Å². The Morgan fingerprint density at radius 1 is 0.822 bits per heavy atom. The second-order valence-corrected chi connectivity index (χ2v) is 11.6. The second-order valence-electron chi connectivity index (χ2n) is 11.6. The van der Waals surface area contributed by atoms with Crippen LogP contribution in [0, 0.1) is 12.8 Å². The predicted molar refractivity (Wildman–Crippen MR) is 177 cm³/mol. The van der Waals surface area contributed by atoms with E-state index in [0.717, 1.165) is 16.7 Å². The number of rotatable bonds is 15. The van der Waals surface area contributed by atoms with Crippen molar-refractivity contribution < 1.29 is 23.9 Å². The summed E-state index contributed by atoms with van der Waals surface area (Å²) in [6.45, 7) is 7.50. The molecule has 7 heteroatoms. The molecule has 4 aromatic rings. The lowest BCUT2D eigenvalue weighted by Crippen LogP contribution is -2.34. The molecular weight excluding hydrogens is 564 g/mol. The number of esters is 1. The highest BCUT2D eigenvalue weighted by molar-refractivity contribution is 6.12. The number of ether oxygens (including phenoxy) is 2. The fourth-order valence-electron chi connectivity index (χ4n) is 5.11. The first-order chi connectivity index (χ1) is 21.7. The molecule has 0 radical (unpaired) electrons. The molecular formula is C38H42N2O5. The predicted octanol–water partition coefficient (Wildman–Crippen LogP) is 6.88. The minimum Gasteiger partial charge on any atom is -0.492 e. The maximum absolute atomic E-state index is 13.2. The van der Waals surface area contributed by atoms with Crippen molar-refractivity contribution in [2.24, 2.45) is 5.92 Å². The number of nitrogens with zero attached hydrogens (tertiary/aromatic N) is 1. The van der Waals surface area contributed by atoms with Crippen LogP contribution in [0.4, 0.5) is 5.69 Å². The molecule has 0 saturated heterocycles. The van der Waals surface area contributed by atoms with Gasteiger partial charge in [-0.1, -0.05) is 98.3 Å². The topological polar surface area (TPSA) is 84.9 Å². The van der Waals surface area contributed by atoms with Gasteiger partial charge in [0.1, 0.15) is 18.4 Å². The van der Waals surface area contributed by atoms with Crippen LogP contribution < -0.4 is 10.1 Å². The summed E-state index contributed by atoms with van der Waals surface area (Å²) in [5, 5.41) is 3.24. The Morgan fingerprint density at radius 2 is 1.53 bits per heavy atom. The van der Waals surface area contributed by atoms with E-state index in [1.165, 1.54) is 7.11 Å². The minimum atomic E-state index is -0.714. The largest absolute Gasteiger partial charge is 0.492 e. The third-order valence-electron chi connectivity index (χ3n) is 7.41. The van der Waals surface area contributed by atoms with E-state index in [0.29, 0.717) is 55.1 Å². The van der Waals surface area contributed by atoms with Gasteiger partial charge in [0.15, 0.2) is 5.78 Å². The molecule has 234 valence electrons. The molecule has 45 heavy (non-hydrogen) atoms. The van der Waals surface area contributed by atoms with E-state index < -0.39 is 12.0 Å². The molecule has 1 atom stereocenters. The van der Waals surface area contributed by atoms with Crippen LogP contribution in [0.25, 0.3) is 0 Å². The number of benzene rings is 4. The lowest BCUT2D eigenvalue weighted by Gasteiger charge is -2.24. The number of anilines is 1. The van der Waals surface area contributed by atoms with Gasteiger partial charge in [0.05, 0.1) is 13.7 Å². The van der Waals surface area contributed by atoms with Gasteiger partial charge in [-0.25, -0.2) is 4.79 Å². The van der Waals surface area contributed by atoms with Gasteiger partial charge in [0.25, 0.3) is 0 Å². The van der Waals surface area contributed by atoms with Gasteiger partial charge in [-0.15, -0.1) is 0 Å². The molecule has 1 amide bonds. The number of hydrogen-bond acceptors (Lipinski definition) is 6. The Kier molecular flexibility index (Phi) is 11.9. The van der Waals surface area contributed by atoms with Gasteiger partial charge in [0, 0.05) is 36.2 Å². The summed E-state index contributed by atoms with van der Waals surface area (Å²) in [6, 6.07) is 31.2. The zero-order chi connectivity index (χ0) is 32.2. The first kappa shape index (κ1) is 33.0. The molecule has 4 rings (SSSR count). The monoisotopic (exact) mass is 606 g/mol. The molecule has 7 nitrogen and oxygen atoms in total. The lowest BCUT2D eigenvalue weighted by molar-refractivity contribution is -0.141. The Labute approximate surface area is 266 Å². The number of methoxy groups -OCH3 is 1. The summed E-state index contributed by atoms with van der Waals surface area (Å²) in [7, 11) is 1.35. The van der Waals surface area contributed by atoms with Crippen LogP contribution in [0.5, 0.6) is 5.75 Å². The number of para-hydroxylation sites is 1. The molecule has 0 spiro atoms. The van der Waals surface area contributed by atoms with Crippen molar-refractivity contribution in [1.82, 2.24) is 4.90 Å². The second kappa shape index (κ2) is 16.2. The van der Waals surface area contributed by atoms with Gasteiger partial charge in [-0.3, -0.25) is 9.59 Å². The minimum absolute atomic E-state index is 0.110. The Balaban J connectivity index is 1.39. The van der Waals surface area contributed by atoms with Crippen LogP contribution in [0.3, 0.4) is 0 Å². The van der Waals surface area contributed by atoms with Gasteiger partial charge in [-0.2, -0.15) is 0 Å². The normalized spacial score (nSPS) is 11.5. The van der Waals surface area contributed by atoms with Gasteiger partial charge in [-0.05, 0) is 48.2 Å². The molecule has 0 heterocycles. The summed E-state index contributed by atoms with van der Waals surface area (Å²) in [5.41, 5.74) is 4.75. The van der Waals surface area contributed by atoms with Gasteiger partial charge < -0.3 is 19.7 Å². The molecule has 0 unspecified atom stereocenters. The summed E-state index contributed by atoms with van der Waals surface area (Å²) in [4.78, 5) is 40.8. The summed E-state index contributed by atoms with van der Waals surface area (Å²) >= 11 is 0. The van der Waals surface area contributed by atoms with Crippen LogP contribution >= 0.6 is 0 Å². The van der Waals surface area contributed by atoms with Crippen molar-refractivity contribution in [2.75, 3.05) is 25.6 Å². The maximum Gasteiger partial charge on any atom is 0.328 e. The first-order valence-corrected chi connectivity index (χ1v) is 15.3. The third-order valence-corrected chi connectivity index (χ3v) is 7.41. The highest BCUT2D eigenvalue weighted by atomic mass is 16.5. The summed E-state index contributed by atoms with van der Waals surface area (Å²) < 4.78 is 11.1. The number of carbonyl (C=O) groups excluding carboxylic acids is 3. The van der Waals surface area contributed by atoms with Crippen molar-refractivity contribution in [3.63, 3.8) is 0 Å². The molecule has 0 aliphatic heterocycles. The molecule has 0 bridgehead atoms. The standard InChI is InChI=1S/C38H42N2O5/c1-27(2)23-36(41)40(26-30-12-10-11-28(3)24-30)21-22-45-32-19-17-29(18-20-32)25-35(38(43)44-4)39-34-16-9-8-15-33(34)37(42)31-13-6-5-7-14-31/h5-20,24,27,35,39H,21-23,25-26H2,1-4H3/t35-/m0/s1. The zero-order valence-corrected chi connectivity index (χ0v) is 26.5. The van der Waals surface area contributed by atoms with E-state index in [1.807, 2.05) is 92.4 Å². The first-order valence-electron chi connectivity index (χ1n) is 15.3. The van der Waals surface area contributed by atoms with E-state index in [-0.39, 0.29) is 17.6 Å². The summed E-state index contributed by atoms with van der Waals surface area (Å²) in [5.74, 6) is 0.488. The number of ketones is 1. The third kappa shape index (κ3) is 9.80. The quantitative estimate of drug-likeness (QED) is 0.117. The zero-order valence-electron chi connectivity index (χ0n) is 26.5. The number of amides is 1. The number of hydrogen-bond donors (Lipinski definition) is 1. The average Bonchev–Trinajstić information content (AvgIpc) is 3.04. The van der Waals surface area contributed by atoms with Crippen LogP contribution in [-0.4, -0.2) is 48.9 Å². The van der Waals surface area contributed by atoms with Crippen LogP contribution in [0.2, 0.25) is 0 Å². The van der Waals surface area contributed by atoms with E-state index in [2.05, 4.69) is 11.4 Å². The fourth-order valence-corrected chi connectivity index (χ4v) is 5.11. The average molecular weight is 607 g/mol.